The molecule has 0 aliphatic rings. The molecule has 0 unspecified atom stereocenters. The quantitative estimate of drug-likeness (QED) is 0.555. The van der Waals surface area contributed by atoms with Gasteiger partial charge in [-0.1, -0.05) is 19.1 Å². The first-order chi connectivity index (χ1) is 13.6. The molecule has 6 nitrogen and oxygen atoms in total. The van der Waals surface area contributed by atoms with Crippen LogP contribution in [-0.2, 0) is 6.61 Å². The third kappa shape index (κ3) is 3.26. The molecule has 142 valence electrons. The lowest BCUT2D eigenvalue weighted by Gasteiger charge is -2.11. The van der Waals surface area contributed by atoms with Gasteiger partial charge in [0.25, 0.3) is 0 Å². The molecule has 3 aromatic heterocycles. The summed E-state index contributed by atoms with van der Waals surface area (Å²) in [6.45, 7) is 1.82. The molecule has 7 heteroatoms. The Morgan fingerprint density at radius 3 is 2.75 bits per heavy atom. The maximum absolute atomic E-state index is 14.8. The second-order valence-corrected chi connectivity index (χ2v) is 6.55. The standard InChI is InChI=1S/C21H20FN5O/c1-2-17(23)19-7-4-6-18(26-19)13-9-16(22)15-11-24-27(20(15)10-13)21-8-3-5-14(12-28)25-21/h3-11,17,28H,2,12,23H2,1H3/t17-/m0/s1. The zero-order chi connectivity index (χ0) is 19.7. The van der Waals surface area contributed by atoms with Crippen molar-refractivity contribution >= 4 is 10.9 Å². The Morgan fingerprint density at radius 2 is 1.96 bits per heavy atom. The van der Waals surface area contributed by atoms with Gasteiger partial charge >= 0.3 is 0 Å². The predicted octanol–water partition coefficient (Wildman–Crippen LogP) is 3.52. The lowest BCUT2D eigenvalue weighted by atomic mass is 10.1. The van der Waals surface area contributed by atoms with Crippen LogP contribution in [-0.4, -0.2) is 24.9 Å². The van der Waals surface area contributed by atoms with Crippen molar-refractivity contribution in [1.82, 2.24) is 19.7 Å². The first-order valence-electron chi connectivity index (χ1n) is 9.08. The van der Waals surface area contributed by atoms with Gasteiger partial charge < -0.3 is 10.8 Å². The molecule has 1 aromatic carbocycles. The number of hydrogen-bond acceptors (Lipinski definition) is 5. The Hall–Kier alpha value is -3.16. The van der Waals surface area contributed by atoms with E-state index in [9.17, 15) is 9.50 Å². The van der Waals surface area contributed by atoms with E-state index in [1.807, 2.05) is 31.2 Å². The van der Waals surface area contributed by atoms with E-state index in [-0.39, 0.29) is 18.5 Å². The first-order valence-corrected chi connectivity index (χ1v) is 9.08. The molecule has 0 radical (unpaired) electrons. The number of rotatable bonds is 5. The summed E-state index contributed by atoms with van der Waals surface area (Å²) < 4.78 is 16.3. The SMILES string of the molecule is CC[C@H](N)c1cccc(-c2cc(F)c3cnn(-c4cccc(CO)n4)c3c2)n1. The largest absolute Gasteiger partial charge is 0.390 e. The highest BCUT2D eigenvalue weighted by molar-refractivity contribution is 5.85. The molecule has 28 heavy (non-hydrogen) atoms. The lowest BCUT2D eigenvalue weighted by Crippen LogP contribution is -2.10. The van der Waals surface area contributed by atoms with Crippen molar-refractivity contribution in [3.05, 3.63) is 71.9 Å². The van der Waals surface area contributed by atoms with Gasteiger partial charge in [-0.2, -0.15) is 5.10 Å². The van der Waals surface area contributed by atoms with Gasteiger partial charge in [-0.15, -0.1) is 0 Å². The number of nitrogens with zero attached hydrogens (tertiary/aromatic N) is 4. The summed E-state index contributed by atoms with van der Waals surface area (Å²) in [5.41, 5.74) is 9.23. The summed E-state index contributed by atoms with van der Waals surface area (Å²) in [5.74, 6) is 0.122. The van der Waals surface area contributed by atoms with E-state index < -0.39 is 0 Å². The lowest BCUT2D eigenvalue weighted by molar-refractivity contribution is 0.276. The van der Waals surface area contributed by atoms with Crippen LogP contribution in [0.2, 0.25) is 0 Å². The summed E-state index contributed by atoms with van der Waals surface area (Å²) in [7, 11) is 0. The number of pyridine rings is 2. The van der Waals surface area contributed by atoms with E-state index >= 15 is 0 Å². The molecule has 3 N–H and O–H groups in total. The predicted molar refractivity (Wildman–Crippen MR) is 105 cm³/mol. The smallest absolute Gasteiger partial charge is 0.154 e. The van der Waals surface area contributed by atoms with Crippen LogP contribution in [0.3, 0.4) is 0 Å². The summed E-state index contributed by atoms with van der Waals surface area (Å²) in [6.07, 6.45) is 2.24. The van der Waals surface area contributed by atoms with Crippen LogP contribution in [0.4, 0.5) is 4.39 Å². The van der Waals surface area contributed by atoms with E-state index in [1.165, 1.54) is 12.3 Å². The Morgan fingerprint density at radius 1 is 1.14 bits per heavy atom. The average Bonchev–Trinajstić information content (AvgIpc) is 3.18. The molecule has 0 fully saturated rings. The van der Waals surface area contributed by atoms with Crippen LogP contribution in [0.1, 0.15) is 30.8 Å². The van der Waals surface area contributed by atoms with Crippen molar-refractivity contribution in [3.63, 3.8) is 0 Å². The van der Waals surface area contributed by atoms with Crippen LogP contribution in [0, 0.1) is 5.82 Å². The topological polar surface area (TPSA) is 89.8 Å². The fourth-order valence-corrected chi connectivity index (χ4v) is 3.12. The van der Waals surface area contributed by atoms with Crippen molar-refractivity contribution in [1.29, 1.82) is 0 Å². The molecule has 0 bridgehead atoms. The van der Waals surface area contributed by atoms with Gasteiger partial charge in [-0.25, -0.2) is 14.1 Å². The van der Waals surface area contributed by atoms with E-state index in [0.717, 1.165) is 12.1 Å². The molecular formula is C21H20FN5O. The Bertz CT molecular complexity index is 1140. The number of hydrogen-bond donors (Lipinski definition) is 2. The third-order valence-corrected chi connectivity index (χ3v) is 4.70. The highest BCUT2D eigenvalue weighted by atomic mass is 19.1. The molecule has 0 aliphatic heterocycles. The molecule has 4 aromatic rings. The van der Waals surface area contributed by atoms with Gasteiger partial charge in [0, 0.05) is 11.6 Å². The van der Waals surface area contributed by atoms with E-state index in [1.54, 1.807) is 22.9 Å². The van der Waals surface area contributed by atoms with Crippen LogP contribution in [0.5, 0.6) is 0 Å². The molecule has 0 spiro atoms. The minimum atomic E-state index is -0.385. The average molecular weight is 377 g/mol. The van der Waals surface area contributed by atoms with Crippen LogP contribution in [0.25, 0.3) is 28.0 Å². The highest BCUT2D eigenvalue weighted by Gasteiger charge is 2.14. The first kappa shape index (κ1) is 18.2. The van der Waals surface area contributed by atoms with E-state index in [0.29, 0.717) is 33.7 Å². The van der Waals surface area contributed by atoms with Crippen molar-refractivity contribution < 1.29 is 9.50 Å². The van der Waals surface area contributed by atoms with Crippen LogP contribution < -0.4 is 5.73 Å². The summed E-state index contributed by atoms with van der Waals surface area (Å²) >= 11 is 0. The van der Waals surface area contributed by atoms with Crippen LogP contribution >= 0.6 is 0 Å². The second kappa shape index (κ2) is 7.46. The zero-order valence-electron chi connectivity index (χ0n) is 15.4. The van der Waals surface area contributed by atoms with Crippen molar-refractivity contribution in [2.45, 2.75) is 26.0 Å². The maximum Gasteiger partial charge on any atom is 0.154 e. The highest BCUT2D eigenvalue weighted by Crippen LogP contribution is 2.28. The Kier molecular flexibility index (Phi) is 4.85. The number of nitrogens with two attached hydrogens (primary N) is 1. The normalized spacial score (nSPS) is 12.4. The molecule has 0 saturated carbocycles. The number of aromatic nitrogens is 4. The van der Waals surface area contributed by atoms with Crippen molar-refractivity contribution in [2.75, 3.05) is 0 Å². The fourth-order valence-electron chi connectivity index (χ4n) is 3.12. The second-order valence-electron chi connectivity index (χ2n) is 6.55. The Labute approximate surface area is 161 Å². The summed E-state index contributed by atoms with van der Waals surface area (Å²) in [4.78, 5) is 8.97. The molecule has 0 amide bonds. The summed E-state index contributed by atoms with van der Waals surface area (Å²) in [6, 6.07) is 14.0. The van der Waals surface area contributed by atoms with Gasteiger partial charge in [0.1, 0.15) is 5.82 Å². The monoisotopic (exact) mass is 377 g/mol. The van der Waals surface area contributed by atoms with Crippen molar-refractivity contribution in [3.8, 4) is 17.1 Å². The minimum absolute atomic E-state index is 0.163. The number of fused-ring (bicyclic) bond motifs is 1. The Balaban J connectivity index is 1.86. The number of benzene rings is 1. The maximum atomic E-state index is 14.8. The van der Waals surface area contributed by atoms with Gasteiger partial charge in [0.05, 0.1) is 40.8 Å². The number of halogens is 1. The molecule has 0 saturated heterocycles. The molecule has 3 heterocycles. The zero-order valence-corrected chi connectivity index (χ0v) is 15.4. The van der Waals surface area contributed by atoms with Gasteiger partial charge in [0.2, 0.25) is 0 Å². The third-order valence-electron chi connectivity index (χ3n) is 4.70. The summed E-state index contributed by atoms with van der Waals surface area (Å²) in [5, 5.41) is 14.0. The van der Waals surface area contributed by atoms with E-state index in [4.69, 9.17) is 5.73 Å². The van der Waals surface area contributed by atoms with Gasteiger partial charge in [-0.3, -0.25) is 4.98 Å². The fraction of sp³-hybridized carbons (Fsp3) is 0.190. The number of aliphatic hydroxyl groups is 1. The minimum Gasteiger partial charge on any atom is -0.390 e. The van der Waals surface area contributed by atoms with Gasteiger partial charge in [-0.05, 0) is 42.8 Å². The van der Waals surface area contributed by atoms with E-state index in [2.05, 4.69) is 15.1 Å². The van der Waals surface area contributed by atoms with Gasteiger partial charge in [0.15, 0.2) is 5.82 Å². The molecule has 0 aliphatic carbocycles. The number of aliphatic hydroxyl groups excluding tert-OH is 1. The van der Waals surface area contributed by atoms with Crippen LogP contribution in [0.15, 0.2) is 54.7 Å². The molecular weight excluding hydrogens is 357 g/mol. The molecule has 4 rings (SSSR count). The van der Waals surface area contributed by atoms with Crippen molar-refractivity contribution in [2.24, 2.45) is 5.73 Å². The molecule has 1 atom stereocenters.